The summed E-state index contributed by atoms with van der Waals surface area (Å²) < 4.78 is 0. The average molecular weight is 301 g/mol. The van der Waals surface area contributed by atoms with Crippen molar-refractivity contribution in [1.82, 2.24) is 0 Å². The number of benzene rings is 1. The van der Waals surface area contributed by atoms with Crippen LogP contribution in [-0.2, 0) is 0 Å². The zero-order chi connectivity index (χ0) is 15.4. The lowest BCUT2D eigenvalue weighted by Crippen LogP contribution is -2.26. The standard InChI is InChI=1S/C13H17ClN2O4/c1-4-8(2)7-15(3)12-10(13(17)18)5-9(16(19)20)6-11(12)14/h5-6,8H,4,7H2,1-3H3,(H,17,18). The number of hydrogen-bond donors (Lipinski definition) is 1. The van der Waals surface area contributed by atoms with Crippen molar-refractivity contribution in [1.29, 1.82) is 0 Å². The molecule has 7 heteroatoms. The monoisotopic (exact) mass is 300 g/mol. The first kappa shape index (κ1) is 16.2. The van der Waals surface area contributed by atoms with Gasteiger partial charge >= 0.3 is 5.97 Å². The number of hydrogen-bond acceptors (Lipinski definition) is 4. The summed E-state index contributed by atoms with van der Waals surface area (Å²) in [6, 6.07) is 2.22. The first-order valence-corrected chi connectivity index (χ1v) is 6.58. The number of rotatable bonds is 6. The fraction of sp³-hybridized carbons (Fsp3) is 0.462. The van der Waals surface area contributed by atoms with E-state index in [1.807, 2.05) is 13.8 Å². The fourth-order valence-corrected chi connectivity index (χ4v) is 2.29. The molecule has 1 aromatic rings. The lowest BCUT2D eigenvalue weighted by atomic mass is 10.1. The first-order valence-electron chi connectivity index (χ1n) is 6.20. The van der Waals surface area contributed by atoms with Crippen LogP contribution in [0.3, 0.4) is 0 Å². The highest BCUT2D eigenvalue weighted by atomic mass is 35.5. The van der Waals surface area contributed by atoms with Gasteiger partial charge in [-0.3, -0.25) is 10.1 Å². The summed E-state index contributed by atoms with van der Waals surface area (Å²) in [6.07, 6.45) is 0.942. The number of nitro groups is 1. The van der Waals surface area contributed by atoms with Gasteiger partial charge in [0.15, 0.2) is 0 Å². The SMILES string of the molecule is CCC(C)CN(C)c1c(Cl)cc([N+](=O)[O-])cc1C(=O)O. The Labute approximate surface area is 122 Å². The van der Waals surface area contributed by atoms with E-state index in [0.29, 0.717) is 18.2 Å². The zero-order valence-corrected chi connectivity index (χ0v) is 12.3. The Morgan fingerprint density at radius 1 is 1.55 bits per heavy atom. The predicted octanol–water partition coefficient (Wildman–Crippen LogP) is 3.43. The van der Waals surface area contributed by atoms with Gasteiger partial charge in [0.2, 0.25) is 0 Å². The minimum atomic E-state index is -1.23. The van der Waals surface area contributed by atoms with E-state index in [4.69, 9.17) is 11.6 Å². The molecular weight excluding hydrogens is 284 g/mol. The Balaban J connectivity index is 3.30. The van der Waals surface area contributed by atoms with E-state index in [0.717, 1.165) is 12.5 Å². The predicted molar refractivity (Wildman–Crippen MR) is 77.8 cm³/mol. The van der Waals surface area contributed by atoms with Gasteiger partial charge in [0.1, 0.15) is 0 Å². The second-order valence-electron chi connectivity index (χ2n) is 4.78. The Bertz CT molecular complexity index is 533. The van der Waals surface area contributed by atoms with Crippen LogP contribution in [0.5, 0.6) is 0 Å². The highest BCUT2D eigenvalue weighted by molar-refractivity contribution is 6.34. The summed E-state index contributed by atoms with van der Waals surface area (Å²) in [5.74, 6) is -0.880. The lowest BCUT2D eigenvalue weighted by molar-refractivity contribution is -0.384. The molecule has 0 saturated heterocycles. The van der Waals surface area contributed by atoms with Gasteiger partial charge in [0.25, 0.3) is 5.69 Å². The molecule has 1 rings (SSSR count). The first-order chi connectivity index (χ1) is 9.27. The van der Waals surface area contributed by atoms with Gasteiger partial charge in [-0.05, 0) is 5.92 Å². The smallest absolute Gasteiger partial charge is 0.338 e. The number of halogens is 1. The number of carboxylic acid groups (broad SMARTS) is 1. The zero-order valence-electron chi connectivity index (χ0n) is 11.6. The molecule has 0 aliphatic heterocycles. The van der Waals surface area contributed by atoms with Gasteiger partial charge < -0.3 is 10.0 Å². The van der Waals surface area contributed by atoms with Gasteiger partial charge in [0.05, 0.1) is 21.2 Å². The van der Waals surface area contributed by atoms with Crippen molar-refractivity contribution in [3.63, 3.8) is 0 Å². The van der Waals surface area contributed by atoms with Crippen molar-refractivity contribution in [2.45, 2.75) is 20.3 Å². The molecule has 20 heavy (non-hydrogen) atoms. The Morgan fingerprint density at radius 2 is 2.15 bits per heavy atom. The average Bonchev–Trinajstić information content (AvgIpc) is 2.36. The molecule has 0 bridgehead atoms. The molecule has 1 aromatic carbocycles. The number of nitrogens with zero attached hydrogens (tertiary/aromatic N) is 2. The van der Waals surface area contributed by atoms with Gasteiger partial charge in [0, 0.05) is 25.7 Å². The summed E-state index contributed by atoms with van der Waals surface area (Å²) in [6.45, 7) is 4.69. The summed E-state index contributed by atoms with van der Waals surface area (Å²) in [7, 11) is 1.73. The van der Waals surface area contributed by atoms with Crippen molar-refractivity contribution in [2.24, 2.45) is 5.92 Å². The molecule has 1 N–H and O–H groups in total. The summed E-state index contributed by atoms with van der Waals surface area (Å²) in [5.41, 5.74) is -0.173. The highest BCUT2D eigenvalue weighted by Gasteiger charge is 2.23. The number of aromatic carboxylic acids is 1. The molecule has 0 saturated carbocycles. The largest absolute Gasteiger partial charge is 0.478 e. The lowest BCUT2D eigenvalue weighted by Gasteiger charge is -2.25. The van der Waals surface area contributed by atoms with Crippen LogP contribution in [0.1, 0.15) is 30.6 Å². The van der Waals surface area contributed by atoms with E-state index >= 15 is 0 Å². The number of anilines is 1. The normalized spacial score (nSPS) is 12.0. The number of carbonyl (C=O) groups is 1. The van der Waals surface area contributed by atoms with Gasteiger partial charge in [-0.2, -0.15) is 0 Å². The Kier molecular flexibility index (Phi) is 5.33. The molecule has 110 valence electrons. The maximum absolute atomic E-state index is 11.3. The van der Waals surface area contributed by atoms with Crippen LogP contribution in [0.2, 0.25) is 5.02 Å². The minimum absolute atomic E-state index is 0.0717. The molecule has 0 heterocycles. The number of carboxylic acids is 1. The minimum Gasteiger partial charge on any atom is -0.478 e. The van der Waals surface area contributed by atoms with E-state index < -0.39 is 10.9 Å². The number of non-ortho nitro benzene ring substituents is 1. The topological polar surface area (TPSA) is 83.7 Å². The maximum atomic E-state index is 11.3. The van der Waals surface area contributed by atoms with Crippen LogP contribution in [0.25, 0.3) is 0 Å². The van der Waals surface area contributed by atoms with Crippen molar-refractivity contribution in [3.8, 4) is 0 Å². The summed E-state index contributed by atoms with van der Waals surface area (Å²) in [5, 5.41) is 20.1. The van der Waals surface area contributed by atoms with E-state index in [-0.39, 0.29) is 16.3 Å². The molecule has 1 atom stereocenters. The van der Waals surface area contributed by atoms with E-state index in [1.54, 1.807) is 11.9 Å². The Morgan fingerprint density at radius 3 is 2.60 bits per heavy atom. The molecule has 0 radical (unpaired) electrons. The Hall–Kier alpha value is -1.82. The molecule has 0 aromatic heterocycles. The molecule has 0 spiro atoms. The number of nitro benzene ring substituents is 1. The van der Waals surface area contributed by atoms with Crippen molar-refractivity contribution in [2.75, 3.05) is 18.5 Å². The highest BCUT2D eigenvalue weighted by Crippen LogP contribution is 2.34. The third kappa shape index (κ3) is 3.60. The fourth-order valence-electron chi connectivity index (χ4n) is 1.93. The van der Waals surface area contributed by atoms with Crippen LogP contribution in [0.4, 0.5) is 11.4 Å². The molecule has 1 unspecified atom stereocenters. The van der Waals surface area contributed by atoms with Crippen LogP contribution < -0.4 is 4.90 Å². The van der Waals surface area contributed by atoms with E-state index in [2.05, 4.69) is 0 Å². The van der Waals surface area contributed by atoms with Crippen LogP contribution in [-0.4, -0.2) is 29.6 Å². The van der Waals surface area contributed by atoms with Crippen molar-refractivity contribution < 1.29 is 14.8 Å². The third-order valence-corrected chi connectivity index (χ3v) is 3.44. The third-order valence-electron chi connectivity index (χ3n) is 3.15. The van der Waals surface area contributed by atoms with Gasteiger partial charge in [-0.25, -0.2) is 4.79 Å². The summed E-state index contributed by atoms with van der Waals surface area (Å²) in [4.78, 5) is 23.1. The quantitative estimate of drug-likeness (QED) is 0.642. The molecule has 6 nitrogen and oxygen atoms in total. The van der Waals surface area contributed by atoms with E-state index in [9.17, 15) is 20.0 Å². The van der Waals surface area contributed by atoms with Gasteiger partial charge in [-0.15, -0.1) is 0 Å². The molecule has 0 amide bonds. The van der Waals surface area contributed by atoms with Crippen molar-refractivity contribution >= 4 is 28.9 Å². The van der Waals surface area contributed by atoms with Gasteiger partial charge in [-0.1, -0.05) is 31.9 Å². The van der Waals surface area contributed by atoms with Crippen molar-refractivity contribution in [3.05, 3.63) is 32.8 Å². The molecule has 0 aliphatic rings. The van der Waals surface area contributed by atoms with Crippen LogP contribution in [0, 0.1) is 16.0 Å². The molecule has 0 fully saturated rings. The van der Waals surface area contributed by atoms with Crippen LogP contribution in [0.15, 0.2) is 12.1 Å². The molecular formula is C13H17ClN2O4. The van der Waals surface area contributed by atoms with E-state index in [1.165, 1.54) is 6.07 Å². The summed E-state index contributed by atoms with van der Waals surface area (Å²) >= 11 is 6.03. The maximum Gasteiger partial charge on any atom is 0.338 e. The second-order valence-corrected chi connectivity index (χ2v) is 5.19. The van der Waals surface area contributed by atoms with Crippen LogP contribution >= 0.6 is 11.6 Å². The second kappa shape index (κ2) is 6.56. The molecule has 0 aliphatic carbocycles.